The molecular formula is C13H21N3. The lowest BCUT2D eigenvalue weighted by atomic mass is 9.95. The van der Waals surface area contributed by atoms with Crippen LogP contribution in [-0.4, -0.2) is 19.6 Å². The van der Waals surface area contributed by atoms with Gasteiger partial charge in [-0.3, -0.25) is 5.43 Å². The molecule has 0 radical (unpaired) electrons. The number of hydrogen-bond acceptors (Lipinski definition) is 3. The molecule has 1 aromatic carbocycles. The van der Waals surface area contributed by atoms with Crippen LogP contribution in [0.2, 0.25) is 0 Å². The lowest BCUT2D eigenvalue weighted by Crippen LogP contribution is -2.29. The number of hydrazine groups is 1. The third-order valence-corrected chi connectivity index (χ3v) is 3.09. The fourth-order valence-electron chi connectivity index (χ4n) is 2.21. The predicted molar refractivity (Wildman–Crippen MR) is 67.0 cm³/mol. The van der Waals surface area contributed by atoms with Gasteiger partial charge in [0.1, 0.15) is 0 Å². The van der Waals surface area contributed by atoms with Crippen LogP contribution in [0.1, 0.15) is 24.9 Å². The van der Waals surface area contributed by atoms with Gasteiger partial charge in [0.2, 0.25) is 0 Å². The van der Waals surface area contributed by atoms with Crippen molar-refractivity contribution in [3.8, 4) is 0 Å². The van der Waals surface area contributed by atoms with Gasteiger partial charge in [0, 0.05) is 19.0 Å². The molecule has 2 unspecified atom stereocenters. The summed E-state index contributed by atoms with van der Waals surface area (Å²) in [4.78, 5) is 0. The maximum Gasteiger partial charge on any atom is 0.0515 e. The molecule has 2 atom stereocenters. The van der Waals surface area contributed by atoms with Crippen LogP contribution >= 0.6 is 0 Å². The van der Waals surface area contributed by atoms with E-state index < -0.39 is 0 Å². The van der Waals surface area contributed by atoms with Crippen LogP contribution in [0.15, 0.2) is 30.3 Å². The average Bonchev–Trinajstić information content (AvgIpc) is 2.79. The molecule has 88 valence electrons. The summed E-state index contributed by atoms with van der Waals surface area (Å²) in [6.07, 6.45) is 1.20. The first kappa shape index (κ1) is 11.6. The van der Waals surface area contributed by atoms with Gasteiger partial charge in [-0.2, -0.15) is 0 Å². The summed E-state index contributed by atoms with van der Waals surface area (Å²) in [5.74, 6) is 0.633. The minimum atomic E-state index is 0.436. The summed E-state index contributed by atoms with van der Waals surface area (Å²) < 4.78 is 0. The lowest BCUT2D eigenvalue weighted by Gasteiger charge is -2.19. The molecule has 3 nitrogen and oxygen atoms in total. The smallest absolute Gasteiger partial charge is 0.0515 e. The zero-order valence-corrected chi connectivity index (χ0v) is 9.87. The van der Waals surface area contributed by atoms with Gasteiger partial charge in [-0.1, -0.05) is 37.3 Å². The van der Waals surface area contributed by atoms with Crippen LogP contribution in [0.3, 0.4) is 0 Å². The Balaban J connectivity index is 1.93. The molecular weight excluding hydrogens is 198 g/mol. The Morgan fingerprint density at radius 1 is 1.31 bits per heavy atom. The monoisotopic (exact) mass is 219 g/mol. The fourth-order valence-corrected chi connectivity index (χ4v) is 2.21. The van der Waals surface area contributed by atoms with Crippen molar-refractivity contribution >= 4 is 0 Å². The zero-order valence-electron chi connectivity index (χ0n) is 9.87. The molecule has 0 bridgehead atoms. The molecule has 2 rings (SSSR count). The van der Waals surface area contributed by atoms with Crippen molar-refractivity contribution in [1.29, 1.82) is 0 Å². The summed E-state index contributed by atoms with van der Waals surface area (Å²) in [5.41, 5.74) is 7.99. The van der Waals surface area contributed by atoms with E-state index in [0.29, 0.717) is 12.0 Å². The number of hydrogen-bond donors (Lipinski definition) is 3. The summed E-state index contributed by atoms with van der Waals surface area (Å²) in [7, 11) is 0. The van der Waals surface area contributed by atoms with Gasteiger partial charge >= 0.3 is 0 Å². The lowest BCUT2D eigenvalue weighted by molar-refractivity contribution is 0.442. The summed E-state index contributed by atoms with van der Waals surface area (Å²) >= 11 is 0. The van der Waals surface area contributed by atoms with E-state index in [-0.39, 0.29) is 0 Å². The molecule has 0 saturated carbocycles. The van der Waals surface area contributed by atoms with E-state index in [9.17, 15) is 0 Å². The highest BCUT2D eigenvalue weighted by molar-refractivity contribution is 5.20. The van der Waals surface area contributed by atoms with Crippen molar-refractivity contribution in [1.82, 2.24) is 16.2 Å². The van der Waals surface area contributed by atoms with Gasteiger partial charge < -0.3 is 5.32 Å². The molecule has 0 aromatic heterocycles. The maximum absolute atomic E-state index is 3.50. The van der Waals surface area contributed by atoms with Crippen LogP contribution in [0, 0.1) is 5.92 Å². The molecule has 0 amide bonds. The van der Waals surface area contributed by atoms with E-state index in [4.69, 9.17) is 0 Å². The molecule has 1 heterocycles. The number of nitrogens with one attached hydrogen (secondary N) is 3. The molecule has 3 heteroatoms. The van der Waals surface area contributed by atoms with Crippen molar-refractivity contribution in [3.05, 3.63) is 35.9 Å². The van der Waals surface area contributed by atoms with Crippen LogP contribution in [-0.2, 0) is 0 Å². The number of benzene rings is 1. The predicted octanol–water partition coefficient (Wildman–Crippen LogP) is 1.45. The van der Waals surface area contributed by atoms with E-state index in [0.717, 1.165) is 19.6 Å². The largest absolute Gasteiger partial charge is 0.316 e. The average molecular weight is 219 g/mol. The van der Waals surface area contributed by atoms with Crippen molar-refractivity contribution in [2.24, 2.45) is 5.92 Å². The normalized spacial score (nSPS) is 24.8. The highest BCUT2D eigenvalue weighted by Gasteiger charge is 2.27. The Hall–Kier alpha value is -0.900. The minimum Gasteiger partial charge on any atom is -0.316 e. The van der Waals surface area contributed by atoms with Crippen molar-refractivity contribution < 1.29 is 0 Å². The summed E-state index contributed by atoms with van der Waals surface area (Å²) in [5, 5.41) is 3.50. The van der Waals surface area contributed by atoms with Gasteiger partial charge in [-0.05, 0) is 18.5 Å². The Labute approximate surface area is 97.6 Å². The quantitative estimate of drug-likeness (QED) is 0.656. The van der Waals surface area contributed by atoms with Crippen LogP contribution in [0.25, 0.3) is 0 Å². The zero-order chi connectivity index (χ0) is 11.2. The molecule has 3 N–H and O–H groups in total. The highest BCUT2D eigenvalue weighted by atomic mass is 15.4. The third-order valence-electron chi connectivity index (χ3n) is 3.09. The Morgan fingerprint density at radius 3 is 2.88 bits per heavy atom. The molecule has 1 aliphatic heterocycles. The first-order chi connectivity index (χ1) is 7.92. The van der Waals surface area contributed by atoms with Gasteiger partial charge in [-0.15, -0.1) is 0 Å². The third kappa shape index (κ3) is 2.82. The van der Waals surface area contributed by atoms with Gasteiger partial charge in [0.25, 0.3) is 0 Å². The molecule has 1 fully saturated rings. The first-order valence-electron chi connectivity index (χ1n) is 6.16. The van der Waals surface area contributed by atoms with Crippen LogP contribution in [0.5, 0.6) is 0 Å². The maximum atomic E-state index is 3.50. The van der Waals surface area contributed by atoms with Crippen molar-refractivity contribution in [2.45, 2.75) is 19.4 Å². The second kappa shape index (κ2) is 5.99. The molecule has 1 aliphatic rings. The van der Waals surface area contributed by atoms with Crippen LogP contribution < -0.4 is 16.2 Å². The van der Waals surface area contributed by atoms with Crippen LogP contribution in [0.4, 0.5) is 0 Å². The van der Waals surface area contributed by atoms with E-state index in [2.05, 4.69) is 53.4 Å². The molecule has 1 saturated heterocycles. The van der Waals surface area contributed by atoms with E-state index in [1.165, 1.54) is 12.0 Å². The Bertz CT molecular complexity index is 299. The van der Waals surface area contributed by atoms with Crippen molar-refractivity contribution in [3.63, 3.8) is 0 Å². The minimum absolute atomic E-state index is 0.436. The first-order valence-corrected chi connectivity index (χ1v) is 6.16. The van der Waals surface area contributed by atoms with E-state index >= 15 is 0 Å². The topological polar surface area (TPSA) is 36.1 Å². The Kier molecular flexibility index (Phi) is 4.34. The van der Waals surface area contributed by atoms with Gasteiger partial charge in [-0.25, -0.2) is 5.43 Å². The summed E-state index contributed by atoms with van der Waals surface area (Å²) in [6, 6.07) is 11.1. The molecule has 16 heavy (non-hydrogen) atoms. The molecule has 0 spiro atoms. The van der Waals surface area contributed by atoms with E-state index in [1.807, 2.05) is 0 Å². The second-order valence-corrected chi connectivity index (χ2v) is 4.38. The standard InChI is InChI=1S/C13H21N3/c1-2-8-14-9-12-10-15-16-13(12)11-6-4-3-5-7-11/h3-7,12-16H,2,8-10H2,1H3. The SMILES string of the molecule is CCCNCC1CNNC1c1ccccc1. The van der Waals surface area contributed by atoms with Gasteiger partial charge in [0.05, 0.1) is 6.04 Å². The number of rotatable bonds is 5. The fraction of sp³-hybridized carbons (Fsp3) is 0.538. The van der Waals surface area contributed by atoms with E-state index in [1.54, 1.807) is 0 Å². The molecule has 1 aromatic rings. The van der Waals surface area contributed by atoms with Crippen molar-refractivity contribution in [2.75, 3.05) is 19.6 Å². The highest BCUT2D eigenvalue weighted by Crippen LogP contribution is 2.23. The molecule has 0 aliphatic carbocycles. The van der Waals surface area contributed by atoms with Gasteiger partial charge in [0.15, 0.2) is 0 Å². The Morgan fingerprint density at radius 2 is 2.12 bits per heavy atom. The summed E-state index contributed by atoms with van der Waals surface area (Å²) in [6.45, 7) is 5.43. The second-order valence-electron chi connectivity index (χ2n) is 4.38.